The minimum Gasteiger partial charge on any atom is -0.434 e. The molecule has 0 fully saturated rings. The Morgan fingerprint density at radius 2 is 2.24 bits per heavy atom. The van der Waals surface area contributed by atoms with Gasteiger partial charge >= 0.3 is 6.61 Å². The molecular weight excluding hydrogens is 352 g/mol. The van der Waals surface area contributed by atoms with E-state index in [1.54, 1.807) is 13.1 Å². The number of halogens is 3. The zero-order chi connectivity index (χ0) is 18.1. The standard InChI is InChI=1S/C17H22ClF2N3O2/c1-21-17(22-7-4-12-5-8-24-9-6-12)23-11-13-10-14(18)2-3-15(13)25-16(19)20/h2-3,5,10,16H,4,6-9,11H2,1H3,(H2,21,22,23). The highest BCUT2D eigenvalue weighted by molar-refractivity contribution is 6.30. The second-order valence-electron chi connectivity index (χ2n) is 5.42. The topological polar surface area (TPSA) is 54.9 Å². The van der Waals surface area contributed by atoms with Gasteiger partial charge in [0, 0.05) is 30.7 Å². The second kappa shape index (κ2) is 10.2. The SMILES string of the molecule is CN=C(NCCC1=CCOCC1)NCc1cc(Cl)ccc1OC(F)F. The Labute approximate surface area is 151 Å². The smallest absolute Gasteiger partial charge is 0.387 e. The molecule has 5 nitrogen and oxygen atoms in total. The fraction of sp³-hybridized carbons (Fsp3) is 0.471. The van der Waals surface area contributed by atoms with Crippen molar-refractivity contribution in [3.8, 4) is 5.75 Å². The fourth-order valence-corrected chi connectivity index (χ4v) is 2.63. The molecule has 0 bridgehead atoms. The van der Waals surface area contributed by atoms with E-state index in [1.807, 2.05) is 0 Å². The van der Waals surface area contributed by atoms with Gasteiger partial charge in [0.2, 0.25) is 0 Å². The number of rotatable bonds is 7. The molecule has 0 unspecified atom stereocenters. The third kappa shape index (κ3) is 6.88. The van der Waals surface area contributed by atoms with Gasteiger partial charge in [-0.05, 0) is 31.0 Å². The molecular formula is C17H22ClF2N3O2. The Kier molecular flexibility index (Phi) is 7.94. The number of alkyl halides is 2. The molecule has 0 atom stereocenters. The van der Waals surface area contributed by atoms with Crippen LogP contribution in [-0.2, 0) is 11.3 Å². The van der Waals surface area contributed by atoms with E-state index in [4.69, 9.17) is 16.3 Å². The zero-order valence-corrected chi connectivity index (χ0v) is 14.8. The minimum atomic E-state index is -2.88. The maximum atomic E-state index is 12.5. The lowest BCUT2D eigenvalue weighted by Gasteiger charge is -2.16. The van der Waals surface area contributed by atoms with Gasteiger partial charge in [0.15, 0.2) is 5.96 Å². The van der Waals surface area contributed by atoms with Gasteiger partial charge in [-0.25, -0.2) is 0 Å². The van der Waals surface area contributed by atoms with E-state index in [1.165, 1.54) is 17.7 Å². The van der Waals surface area contributed by atoms with Gasteiger partial charge in [-0.15, -0.1) is 0 Å². The lowest BCUT2D eigenvalue weighted by Crippen LogP contribution is -2.37. The summed E-state index contributed by atoms with van der Waals surface area (Å²) in [6.45, 7) is -0.463. The first-order valence-electron chi connectivity index (χ1n) is 8.02. The van der Waals surface area contributed by atoms with Crippen LogP contribution >= 0.6 is 11.6 Å². The van der Waals surface area contributed by atoms with Gasteiger partial charge in [0.05, 0.1) is 13.2 Å². The van der Waals surface area contributed by atoms with Crippen molar-refractivity contribution < 1.29 is 18.3 Å². The molecule has 2 N–H and O–H groups in total. The molecule has 1 aromatic rings. The highest BCUT2D eigenvalue weighted by Crippen LogP contribution is 2.24. The summed E-state index contributed by atoms with van der Waals surface area (Å²) in [7, 11) is 1.65. The van der Waals surface area contributed by atoms with Gasteiger partial charge in [-0.2, -0.15) is 8.78 Å². The van der Waals surface area contributed by atoms with Crippen molar-refractivity contribution >= 4 is 17.6 Å². The van der Waals surface area contributed by atoms with Gasteiger partial charge in [-0.1, -0.05) is 23.3 Å². The summed E-state index contributed by atoms with van der Waals surface area (Å²) in [5.41, 5.74) is 1.89. The van der Waals surface area contributed by atoms with E-state index < -0.39 is 6.61 Å². The van der Waals surface area contributed by atoms with E-state index in [0.29, 0.717) is 23.2 Å². The zero-order valence-electron chi connectivity index (χ0n) is 14.0. The van der Waals surface area contributed by atoms with Crippen molar-refractivity contribution in [2.24, 2.45) is 4.99 Å². The van der Waals surface area contributed by atoms with Crippen molar-refractivity contribution in [2.45, 2.75) is 26.0 Å². The summed E-state index contributed by atoms with van der Waals surface area (Å²) in [6, 6.07) is 4.53. The maximum absolute atomic E-state index is 12.5. The van der Waals surface area contributed by atoms with Crippen LogP contribution in [0.5, 0.6) is 5.75 Å². The third-order valence-electron chi connectivity index (χ3n) is 3.70. The summed E-state index contributed by atoms with van der Waals surface area (Å²) in [5, 5.41) is 6.72. The molecule has 0 saturated carbocycles. The van der Waals surface area contributed by atoms with Gasteiger partial charge in [0.1, 0.15) is 5.75 Å². The lowest BCUT2D eigenvalue weighted by molar-refractivity contribution is -0.0504. The van der Waals surface area contributed by atoms with E-state index in [-0.39, 0.29) is 12.3 Å². The fourth-order valence-electron chi connectivity index (χ4n) is 2.43. The average Bonchev–Trinajstić information content (AvgIpc) is 2.60. The maximum Gasteiger partial charge on any atom is 0.387 e. The monoisotopic (exact) mass is 373 g/mol. The Hall–Kier alpha value is -1.86. The Balaban J connectivity index is 1.85. The number of hydrogen-bond acceptors (Lipinski definition) is 3. The number of benzene rings is 1. The van der Waals surface area contributed by atoms with Crippen molar-refractivity contribution in [1.82, 2.24) is 10.6 Å². The number of aliphatic imine (C=N–C) groups is 1. The number of hydrogen-bond donors (Lipinski definition) is 2. The highest BCUT2D eigenvalue weighted by atomic mass is 35.5. The molecule has 0 spiro atoms. The van der Waals surface area contributed by atoms with Crippen LogP contribution in [0, 0.1) is 0 Å². The van der Waals surface area contributed by atoms with Crippen LogP contribution in [0.15, 0.2) is 34.8 Å². The van der Waals surface area contributed by atoms with Crippen molar-refractivity contribution in [1.29, 1.82) is 0 Å². The van der Waals surface area contributed by atoms with Crippen LogP contribution in [0.4, 0.5) is 8.78 Å². The summed E-state index contributed by atoms with van der Waals surface area (Å²) in [5.74, 6) is 0.672. The quantitative estimate of drug-likeness (QED) is 0.437. The first-order chi connectivity index (χ1) is 12.1. The molecule has 0 amide bonds. The molecule has 1 aromatic carbocycles. The molecule has 1 aliphatic rings. The highest BCUT2D eigenvalue weighted by Gasteiger charge is 2.11. The summed E-state index contributed by atoms with van der Waals surface area (Å²) in [6.07, 6.45) is 3.95. The van der Waals surface area contributed by atoms with E-state index in [0.717, 1.165) is 26.0 Å². The van der Waals surface area contributed by atoms with Crippen LogP contribution in [0.2, 0.25) is 5.02 Å². The number of nitrogens with one attached hydrogen (secondary N) is 2. The van der Waals surface area contributed by atoms with E-state index in [2.05, 4.69) is 26.4 Å². The first kappa shape index (κ1) is 19.5. The lowest BCUT2D eigenvalue weighted by atomic mass is 10.1. The normalized spacial score (nSPS) is 15.1. The summed E-state index contributed by atoms with van der Waals surface area (Å²) < 4.78 is 34.8. The van der Waals surface area contributed by atoms with E-state index in [9.17, 15) is 8.78 Å². The van der Waals surface area contributed by atoms with Gasteiger partial charge < -0.3 is 20.1 Å². The average molecular weight is 374 g/mol. The number of ether oxygens (including phenoxy) is 2. The Morgan fingerprint density at radius 1 is 1.40 bits per heavy atom. The molecule has 0 saturated heterocycles. The Bertz CT molecular complexity index is 624. The molecule has 1 heterocycles. The third-order valence-corrected chi connectivity index (χ3v) is 3.94. The molecule has 138 valence electrons. The first-order valence-corrected chi connectivity index (χ1v) is 8.39. The molecule has 25 heavy (non-hydrogen) atoms. The van der Waals surface area contributed by atoms with Gasteiger partial charge in [0.25, 0.3) is 0 Å². The molecule has 0 aliphatic carbocycles. The van der Waals surface area contributed by atoms with E-state index >= 15 is 0 Å². The molecule has 2 rings (SSSR count). The predicted molar refractivity (Wildman–Crippen MR) is 94.4 cm³/mol. The predicted octanol–water partition coefficient (Wildman–Crippen LogP) is 3.34. The molecule has 0 aromatic heterocycles. The minimum absolute atomic E-state index is 0.0923. The number of guanidine groups is 1. The van der Waals surface area contributed by atoms with Crippen LogP contribution in [0.1, 0.15) is 18.4 Å². The summed E-state index contributed by atoms with van der Waals surface area (Å²) in [4.78, 5) is 4.13. The van der Waals surface area contributed by atoms with Crippen LogP contribution in [-0.4, -0.2) is 39.4 Å². The molecule has 0 radical (unpaired) electrons. The van der Waals surface area contributed by atoms with Crippen molar-refractivity contribution in [3.05, 3.63) is 40.4 Å². The number of nitrogens with zero attached hydrogens (tertiary/aromatic N) is 1. The van der Waals surface area contributed by atoms with Crippen LogP contribution < -0.4 is 15.4 Å². The van der Waals surface area contributed by atoms with Gasteiger partial charge in [-0.3, -0.25) is 4.99 Å². The van der Waals surface area contributed by atoms with Crippen LogP contribution in [0.25, 0.3) is 0 Å². The van der Waals surface area contributed by atoms with Crippen molar-refractivity contribution in [2.75, 3.05) is 26.8 Å². The molecule has 8 heteroatoms. The van der Waals surface area contributed by atoms with Crippen molar-refractivity contribution in [3.63, 3.8) is 0 Å². The summed E-state index contributed by atoms with van der Waals surface area (Å²) >= 11 is 5.94. The molecule has 1 aliphatic heterocycles. The Morgan fingerprint density at radius 3 is 2.92 bits per heavy atom. The largest absolute Gasteiger partial charge is 0.434 e. The van der Waals surface area contributed by atoms with Crippen LogP contribution in [0.3, 0.4) is 0 Å². The second-order valence-corrected chi connectivity index (χ2v) is 5.86.